The molecule has 1 fully saturated rings. The molecule has 0 aliphatic carbocycles. The molecule has 190 valence electrons. The first-order valence-electron chi connectivity index (χ1n) is 11.9. The van der Waals surface area contributed by atoms with E-state index in [-0.39, 0.29) is 24.4 Å². The highest BCUT2D eigenvalue weighted by atomic mass is 19.1. The van der Waals surface area contributed by atoms with E-state index in [2.05, 4.69) is 10.2 Å². The zero-order chi connectivity index (χ0) is 25.3. The van der Waals surface area contributed by atoms with Gasteiger partial charge in [-0.15, -0.1) is 0 Å². The minimum absolute atomic E-state index is 0.0597. The number of hydrogen-bond acceptors (Lipinski definition) is 6. The maximum atomic E-state index is 13.1. The highest BCUT2D eigenvalue weighted by Crippen LogP contribution is 2.32. The fourth-order valence-corrected chi connectivity index (χ4v) is 4.17. The number of carbonyl (C=O) groups excluding carboxylic acids is 1. The van der Waals surface area contributed by atoms with Gasteiger partial charge in [-0.1, -0.05) is 24.3 Å². The fourth-order valence-electron chi connectivity index (χ4n) is 4.17. The normalized spacial score (nSPS) is 14.6. The summed E-state index contributed by atoms with van der Waals surface area (Å²) in [7, 11) is 3.22. The molecule has 1 unspecified atom stereocenters. The van der Waals surface area contributed by atoms with Gasteiger partial charge in [-0.2, -0.15) is 0 Å². The van der Waals surface area contributed by atoms with Crippen molar-refractivity contribution in [3.8, 4) is 17.2 Å². The van der Waals surface area contributed by atoms with E-state index in [0.29, 0.717) is 42.6 Å². The van der Waals surface area contributed by atoms with Gasteiger partial charge in [0.25, 0.3) is 5.91 Å². The van der Waals surface area contributed by atoms with Crippen LogP contribution >= 0.6 is 0 Å². The molecule has 0 saturated carbocycles. The topological polar surface area (TPSA) is 69.3 Å². The van der Waals surface area contributed by atoms with Crippen molar-refractivity contribution >= 4 is 5.91 Å². The Bertz CT molecular complexity index is 1150. The Balaban J connectivity index is 1.44. The van der Waals surface area contributed by atoms with Crippen molar-refractivity contribution in [1.29, 1.82) is 0 Å². The summed E-state index contributed by atoms with van der Waals surface area (Å²) >= 11 is 0. The summed E-state index contributed by atoms with van der Waals surface area (Å²) < 4.78 is 35.3. The summed E-state index contributed by atoms with van der Waals surface area (Å²) in [6, 6.07) is 18.9. The molecule has 1 amide bonds. The Labute approximate surface area is 210 Å². The van der Waals surface area contributed by atoms with Crippen LogP contribution < -0.4 is 19.5 Å². The Morgan fingerprint density at radius 3 is 2.47 bits per heavy atom. The van der Waals surface area contributed by atoms with Crippen LogP contribution in [-0.4, -0.2) is 57.9 Å². The maximum Gasteiger partial charge on any atom is 0.251 e. The van der Waals surface area contributed by atoms with Gasteiger partial charge in [0.15, 0.2) is 11.5 Å². The van der Waals surface area contributed by atoms with Crippen molar-refractivity contribution in [2.45, 2.75) is 12.6 Å². The Kier molecular flexibility index (Phi) is 8.76. The lowest BCUT2D eigenvalue weighted by atomic mass is 10.0. The van der Waals surface area contributed by atoms with Gasteiger partial charge in [-0.3, -0.25) is 9.69 Å². The largest absolute Gasteiger partial charge is 0.493 e. The molecule has 1 N–H and O–H groups in total. The zero-order valence-electron chi connectivity index (χ0n) is 20.5. The number of benzene rings is 3. The number of hydrogen-bond donors (Lipinski definition) is 1. The van der Waals surface area contributed by atoms with Crippen LogP contribution in [0.3, 0.4) is 0 Å². The minimum Gasteiger partial charge on any atom is -0.493 e. The molecule has 3 aromatic carbocycles. The van der Waals surface area contributed by atoms with Crippen LogP contribution in [0.15, 0.2) is 66.7 Å². The van der Waals surface area contributed by atoms with Gasteiger partial charge in [-0.25, -0.2) is 4.39 Å². The maximum absolute atomic E-state index is 13.1. The number of halogens is 1. The summed E-state index contributed by atoms with van der Waals surface area (Å²) in [6.45, 7) is 3.51. The van der Waals surface area contributed by atoms with Crippen molar-refractivity contribution in [2.75, 3.05) is 47.1 Å². The predicted octanol–water partition coefficient (Wildman–Crippen LogP) is 4.23. The lowest BCUT2D eigenvalue weighted by molar-refractivity contribution is 0.0162. The number of carbonyl (C=O) groups is 1. The van der Waals surface area contributed by atoms with E-state index >= 15 is 0 Å². The van der Waals surface area contributed by atoms with Crippen molar-refractivity contribution < 1.29 is 28.1 Å². The van der Waals surface area contributed by atoms with E-state index in [1.54, 1.807) is 50.6 Å². The van der Waals surface area contributed by atoms with Crippen LogP contribution in [0.2, 0.25) is 0 Å². The third-order valence-corrected chi connectivity index (χ3v) is 6.15. The number of rotatable bonds is 10. The van der Waals surface area contributed by atoms with Crippen LogP contribution in [0.5, 0.6) is 17.2 Å². The molecular formula is C28H31FN2O5. The molecular weight excluding hydrogens is 463 g/mol. The van der Waals surface area contributed by atoms with Gasteiger partial charge < -0.3 is 24.3 Å². The fraction of sp³-hybridized carbons (Fsp3) is 0.321. The third kappa shape index (κ3) is 6.53. The van der Waals surface area contributed by atoms with Crippen molar-refractivity contribution in [3.05, 3.63) is 89.2 Å². The van der Waals surface area contributed by atoms with Crippen LogP contribution in [-0.2, 0) is 11.3 Å². The number of amides is 1. The number of morpholine rings is 1. The van der Waals surface area contributed by atoms with Crippen molar-refractivity contribution in [3.63, 3.8) is 0 Å². The molecule has 1 aliphatic heterocycles. The second kappa shape index (κ2) is 12.4. The molecule has 1 aliphatic rings. The standard InChI is InChI=1S/C28H31FN2O5/c1-33-26-11-8-21(17-27(26)34-2)25(31-12-14-35-15-13-31)18-30-28(32)22-4-3-5-24(16-22)36-19-20-6-9-23(29)10-7-20/h3-11,16-17,25H,12-15,18-19H2,1-2H3,(H,30,32). The lowest BCUT2D eigenvalue weighted by Gasteiger charge is -2.35. The lowest BCUT2D eigenvalue weighted by Crippen LogP contribution is -2.43. The smallest absolute Gasteiger partial charge is 0.251 e. The average molecular weight is 495 g/mol. The van der Waals surface area contributed by atoms with Crippen LogP contribution in [0.1, 0.15) is 27.5 Å². The van der Waals surface area contributed by atoms with Crippen LogP contribution in [0.4, 0.5) is 4.39 Å². The van der Waals surface area contributed by atoms with Crippen LogP contribution in [0.25, 0.3) is 0 Å². The molecule has 3 aromatic rings. The van der Waals surface area contributed by atoms with Gasteiger partial charge in [0.2, 0.25) is 0 Å². The molecule has 4 rings (SSSR count). The Morgan fingerprint density at radius 1 is 1.00 bits per heavy atom. The summed E-state index contributed by atoms with van der Waals surface area (Å²) in [5.41, 5.74) is 2.36. The van der Waals surface area contributed by atoms with Gasteiger partial charge in [0.1, 0.15) is 18.2 Å². The first kappa shape index (κ1) is 25.5. The van der Waals surface area contributed by atoms with E-state index in [1.165, 1.54) is 12.1 Å². The Morgan fingerprint density at radius 2 is 1.75 bits per heavy atom. The quantitative estimate of drug-likeness (QED) is 0.455. The van der Waals surface area contributed by atoms with E-state index in [9.17, 15) is 9.18 Å². The second-order valence-electron chi connectivity index (χ2n) is 8.43. The van der Waals surface area contributed by atoms with Gasteiger partial charge >= 0.3 is 0 Å². The van der Waals surface area contributed by atoms with Crippen molar-refractivity contribution in [1.82, 2.24) is 10.2 Å². The second-order valence-corrected chi connectivity index (χ2v) is 8.43. The molecule has 1 heterocycles. The number of nitrogens with one attached hydrogen (secondary N) is 1. The van der Waals surface area contributed by atoms with Gasteiger partial charge in [-0.05, 0) is 53.6 Å². The minimum atomic E-state index is -0.291. The number of ether oxygens (including phenoxy) is 4. The average Bonchev–Trinajstić information content (AvgIpc) is 2.93. The SMILES string of the molecule is COc1ccc(C(CNC(=O)c2cccc(OCc3ccc(F)cc3)c2)N2CCOCC2)cc1OC. The summed E-state index contributed by atoms with van der Waals surface area (Å²) in [5.74, 6) is 1.38. The molecule has 0 radical (unpaired) electrons. The number of methoxy groups -OCH3 is 2. The Hall–Kier alpha value is -3.62. The molecule has 7 nitrogen and oxygen atoms in total. The summed E-state index contributed by atoms with van der Waals surface area (Å²) in [4.78, 5) is 15.4. The molecule has 0 aromatic heterocycles. The molecule has 36 heavy (non-hydrogen) atoms. The predicted molar refractivity (Wildman–Crippen MR) is 134 cm³/mol. The van der Waals surface area contributed by atoms with E-state index < -0.39 is 0 Å². The molecule has 1 saturated heterocycles. The van der Waals surface area contributed by atoms with E-state index in [1.807, 2.05) is 18.2 Å². The summed E-state index contributed by atoms with van der Waals surface area (Å²) in [6.07, 6.45) is 0. The number of nitrogens with zero attached hydrogens (tertiary/aromatic N) is 1. The van der Waals surface area contributed by atoms with E-state index in [4.69, 9.17) is 18.9 Å². The third-order valence-electron chi connectivity index (χ3n) is 6.15. The molecule has 1 atom stereocenters. The van der Waals surface area contributed by atoms with Crippen LogP contribution in [0, 0.1) is 5.82 Å². The van der Waals surface area contributed by atoms with E-state index in [0.717, 1.165) is 24.2 Å². The molecule has 0 spiro atoms. The first-order valence-corrected chi connectivity index (χ1v) is 11.9. The zero-order valence-corrected chi connectivity index (χ0v) is 20.5. The summed E-state index contributed by atoms with van der Waals surface area (Å²) in [5, 5.41) is 3.08. The highest BCUT2D eigenvalue weighted by molar-refractivity contribution is 5.94. The van der Waals surface area contributed by atoms with Gasteiger partial charge in [0.05, 0.1) is 33.5 Å². The monoisotopic (exact) mass is 494 g/mol. The molecule has 0 bridgehead atoms. The molecule has 8 heteroatoms. The highest BCUT2D eigenvalue weighted by Gasteiger charge is 2.24. The van der Waals surface area contributed by atoms with Gasteiger partial charge in [0, 0.05) is 25.2 Å². The first-order chi connectivity index (χ1) is 17.6. The van der Waals surface area contributed by atoms with Crippen molar-refractivity contribution in [2.24, 2.45) is 0 Å².